The number of rotatable bonds is 5. The normalized spacial score (nSPS) is 17.1. The minimum Gasteiger partial charge on any atom is -0.379 e. The molecule has 6 heteroatoms. The third kappa shape index (κ3) is 5.21. The molecule has 1 aliphatic rings. The van der Waals surface area contributed by atoms with Crippen molar-refractivity contribution in [2.24, 2.45) is 10.7 Å². The van der Waals surface area contributed by atoms with Gasteiger partial charge in [-0.2, -0.15) is 0 Å². The Kier molecular flexibility index (Phi) is 6.50. The van der Waals surface area contributed by atoms with Gasteiger partial charge < -0.3 is 15.8 Å². The first kappa shape index (κ1) is 18.7. The summed E-state index contributed by atoms with van der Waals surface area (Å²) in [5.74, 6) is 0.419. The van der Waals surface area contributed by atoms with Crippen LogP contribution in [0, 0.1) is 6.92 Å². The molecule has 0 aliphatic carbocycles. The highest BCUT2D eigenvalue weighted by atomic mass is 35.5. The fourth-order valence-corrected chi connectivity index (χ4v) is 3.23. The molecule has 0 amide bonds. The number of guanidine groups is 1. The molecule has 1 atom stereocenters. The second kappa shape index (κ2) is 9.03. The zero-order chi connectivity index (χ0) is 18.4. The maximum atomic E-state index is 6.11. The molecule has 1 heterocycles. The van der Waals surface area contributed by atoms with E-state index < -0.39 is 0 Å². The molecule has 0 saturated carbocycles. The van der Waals surface area contributed by atoms with Crippen molar-refractivity contribution in [3.8, 4) is 0 Å². The SMILES string of the molecule is Cc1cccc(NC(N)=NCC(c2ccc(Cl)cc2)N2CCOCC2)c1. The second-order valence-corrected chi connectivity index (χ2v) is 6.87. The predicted octanol–water partition coefficient (Wildman–Crippen LogP) is 3.45. The first-order chi connectivity index (χ1) is 12.6. The summed E-state index contributed by atoms with van der Waals surface area (Å²) in [7, 11) is 0. The first-order valence-corrected chi connectivity index (χ1v) is 9.20. The van der Waals surface area contributed by atoms with Crippen molar-refractivity contribution < 1.29 is 4.74 Å². The maximum Gasteiger partial charge on any atom is 0.193 e. The van der Waals surface area contributed by atoms with Gasteiger partial charge in [0.05, 0.1) is 25.8 Å². The molecule has 26 heavy (non-hydrogen) atoms. The number of morpholine rings is 1. The van der Waals surface area contributed by atoms with Crippen molar-refractivity contribution >= 4 is 23.2 Å². The number of hydrogen-bond acceptors (Lipinski definition) is 3. The number of hydrogen-bond donors (Lipinski definition) is 2. The van der Waals surface area contributed by atoms with Gasteiger partial charge in [0, 0.05) is 23.8 Å². The summed E-state index contributed by atoms with van der Waals surface area (Å²) in [6, 6.07) is 16.2. The van der Waals surface area contributed by atoms with Crippen molar-refractivity contribution in [3.05, 3.63) is 64.7 Å². The minimum atomic E-state index is 0.147. The fourth-order valence-electron chi connectivity index (χ4n) is 3.10. The largest absolute Gasteiger partial charge is 0.379 e. The Morgan fingerprint density at radius 3 is 2.65 bits per heavy atom. The summed E-state index contributed by atoms with van der Waals surface area (Å²) < 4.78 is 5.49. The number of benzene rings is 2. The van der Waals surface area contributed by atoms with Crippen LogP contribution in [0.15, 0.2) is 53.5 Å². The van der Waals surface area contributed by atoms with Crippen molar-refractivity contribution in [3.63, 3.8) is 0 Å². The number of anilines is 1. The van der Waals surface area contributed by atoms with Crippen LogP contribution >= 0.6 is 11.6 Å². The molecule has 1 fully saturated rings. The van der Waals surface area contributed by atoms with Gasteiger partial charge in [0.1, 0.15) is 0 Å². The molecule has 1 saturated heterocycles. The molecule has 1 aliphatic heterocycles. The Hall–Kier alpha value is -2.08. The van der Waals surface area contributed by atoms with Gasteiger partial charge in [-0.25, -0.2) is 0 Å². The Labute approximate surface area is 159 Å². The average Bonchev–Trinajstić information content (AvgIpc) is 2.64. The van der Waals surface area contributed by atoms with Gasteiger partial charge in [0.15, 0.2) is 5.96 Å². The van der Waals surface area contributed by atoms with Crippen LogP contribution in [0.3, 0.4) is 0 Å². The average molecular weight is 373 g/mol. The number of nitrogens with one attached hydrogen (secondary N) is 1. The summed E-state index contributed by atoms with van der Waals surface area (Å²) in [5.41, 5.74) is 9.42. The molecule has 0 aromatic heterocycles. The smallest absolute Gasteiger partial charge is 0.193 e. The van der Waals surface area contributed by atoms with E-state index in [1.165, 1.54) is 11.1 Å². The van der Waals surface area contributed by atoms with Crippen LogP contribution in [0.25, 0.3) is 0 Å². The summed E-state index contributed by atoms with van der Waals surface area (Å²) >= 11 is 6.04. The molecule has 2 aromatic carbocycles. The van der Waals surface area contributed by atoms with Crippen LogP contribution in [-0.2, 0) is 4.74 Å². The van der Waals surface area contributed by atoms with Gasteiger partial charge in [0.2, 0.25) is 0 Å². The standard InChI is InChI=1S/C20H25ClN4O/c1-15-3-2-4-18(13-15)24-20(22)23-14-19(25-9-11-26-12-10-25)16-5-7-17(21)8-6-16/h2-8,13,19H,9-12,14H2,1H3,(H3,22,23,24). The molecule has 3 rings (SSSR count). The van der Waals surface area contributed by atoms with Crippen LogP contribution in [0.4, 0.5) is 5.69 Å². The molecule has 5 nitrogen and oxygen atoms in total. The van der Waals surface area contributed by atoms with Gasteiger partial charge >= 0.3 is 0 Å². The van der Waals surface area contributed by atoms with Gasteiger partial charge in [-0.1, -0.05) is 35.9 Å². The molecular formula is C20H25ClN4O. The number of aryl methyl sites for hydroxylation is 1. The fraction of sp³-hybridized carbons (Fsp3) is 0.350. The predicted molar refractivity (Wildman–Crippen MR) is 108 cm³/mol. The lowest BCUT2D eigenvalue weighted by Gasteiger charge is -2.34. The molecule has 2 aromatic rings. The van der Waals surface area contributed by atoms with E-state index in [-0.39, 0.29) is 6.04 Å². The van der Waals surface area contributed by atoms with Gasteiger partial charge in [-0.05, 0) is 42.3 Å². The van der Waals surface area contributed by atoms with Crippen molar-refractivity contribution in [1.82, 2.24) is 4.90 Å². The lowest BCUT2D eigenvalue weighted by atomic mass is 10.0. The summed E-state index contributed by atoms with van der Waals surface area (Å²) in [5, 5.41) is 3.90. The molecule has 1 unspecified atom stereocenters. The quantitative estimate of drug-likeness (QED) is 0.623. The van der Waals surface area contributed by atoms with Crippen molar-refractivity contribution in [2.45, 2.75) is 13.0 Å². The Balaban J connectivity index is 1.72. The monoisotopic (exact) mass is 372 g/mol. The lowest BCUT2D eigenvalue weighted by Crippen LogP contribution is -2.40. The zero-order valence-electron chi connectivity index (χ0n) is 15.0. The van der Waals surface area contributed by atoms with E-state index >= 15 is 0 Å². The number of halogens is 1. The molecule has 138 valence electrons. The van der Waals surface area contributed by atoms with Gasteiger partial charge in [-0.15, -0.1) is 0 Å². The molecule has 0 radical (unpaired) electrons. The minimum absolute atomic E-state index is 0.147. The highest BCUT2D eigenvalue weighted by Gasteiger charge is 2.22. The lowest BCUT2D eigenvalue weighted by molar-refractivity contribution is 0.0180. The third-order valence-electron chi connectivity index (χ3n) is 4.47. The number of nitrogens with zero attached hydrogens (tertiary/aromatic N) is 2. The van der Waals surface area contributed by atoms with E-state index in [0.29, 0.717) is 12.5 Å². The highest BCUT2D eigenvalue weighted by molar-refractivity contribution is 6.30. The van der Waals surface area contributed by atoms with E-state index in [4.69, 9.17) is 22.1 Å². The summed E-state index contributed by atoms with van der Waals surface area (Å²) in [4.78, 5) is 6.98. The van der Waals surface area contributed by atoms with Crippen LogP contribution in [-0.4, -0.2) is 43.7 Å². The molecule has 3 N–H and O–H groups in total. The van der Waals surface area contributed by atoms with Crippen LogP contribution in [0.2, 0.25) is 5.02 Å². The van der Waals surface area contributed by atoms with E-state index in [1.54, 1.807) is 0 Å². The van der Waals surface area contributed by atoms with E-state index in [2.05, 4.69) is 27.3 Å². The van der Waals surface area contributed by atoms with Gasteiger partial charge in [0.25, 0.3) is 0 Å². The van der Waals surface area contributed by atoms with E-state index in [0.717, 1.165) is 37.0 Å². The van der Waals surface area contributed by atoms with Crippen LogP contribution < -0.4 is 11.1 Å². The molecule has 0 bridgehead atoms. The number of aliphatic imine (C=N–C) groups is 1. The van der Waals surface area contributed by atoms with Gasteiger partial charge in [-0.3, -0.25) is 9.89 Å². The summed E-state index contributed by atoms with van der Waals surface area (Å²) in [6.45, 7) is 5.87. The van der Waals surface area contributed by atoms with E-state index in [1.807, 2.05) is 43.3 Å². The maximum absolute atomic E-state index is 6.11. The highest BCUT2D eigenvalue weighted by Crippen LogP contribution is 2.24. The number of nitrogens with two attached hydrogens (primary N) is 1. The summed E-state index contributed by atoms with van der Waals surface area (Å²) in [6.07, 6.45) is 0. The first-order valence-electron chi connectivity index (χ1n) is 8.83. The Morgan fingerprint density at radius 2 is 1.96 bits per heavy atom. The topological polar surface area (TPSA) is 62.9 Å². The Bertz CT molecular complexity index is 742. The Morgan fingerprint density at radius 1 is 1.23 bits per heavy atom. The molecule has 0 spiro atoms. The van der Waals surface area contributed by atoms with E-state index in [9.17, 15) is 0 Å². The zero-order valence-corrected chi connectivity index (χ0v) is 15.7. The third-order valence-corrected chi connectivity index (χ3v) is 4.72. The van der Waals surface area contributed by atoms with Crippen LogP contribution in [0.1, 0.15) is 17.2 Å². The van der Waals surface area contributed by atoms with Crippen molar-refractivity contribution in [1.29, 1.82) is 0 Å². The number of ether oxygens (including phenoxy) is 1. The second-order valence-electron chi connectivity index (χ2n) is 6.44. The van der Waals surface area contributed by atoms with Crippen molar-refractivity contribution in [2.75, 3.05) is 38.2 Å². The van der Waals surface area contributed by atoms with Crippen LogP contribution in [0.5, 0.6) is 0 Å². The molecular weight excluding hydrogens is 348 g/mol.